The Balaban J connectivity index is 1.64. The largest absolute Gasteiger partial charge is 0.348 e. The molecule has 0 saturated carbocycles. The van der Waals surface area contributed by atoms with Crippen molar-refractivity contribution < 1.29 is 4.79 Å². The third-order valence-electron chi connectivity index (χ3n) is 4.74. The molecule has 142 valence electrons. The topological polar surface area (TPSA) is 59.8 Å². The Kier molecular flexibility index (Phi) is 5.89. The first kappa shape index (κ1) is 19.1. The molecule has 1 unspecified atom stereocenters. The molecule has 2 heterocycles. The molecule has 0 spiro atoms. The lowest BCUT2D eigenvalue weighted by Crippen LogP contribution is -2.28. The van der Waals surface area contributed by atoms with Crippen molar-refractivity contribution in [1.29, 1.82) is 0 Å². The summed E-state index contributed by atoms with van der Waals surface area (Å²) in [6, 6.07) is 10.1. The van der Waals surface area contributed by atoms with Crippen molar-refractivity contribution in [3.05, 3.63) is 59.5 Å². The molecule has 0 aliphatic carbocycles. The normalized spacial score (nSPS) is 12.5. The van der Waals surface area contributed by atoms with E-state index in [9.17, 15) is 4.79 Å². The van der Waals surface area contributed by atoms with Gasteiger partial charge in [-0.1, -0.05) is 45.0 Å². The molecule has 3 rings (SSSR count). The minimum absolute atomic E-state index is 0.00312. The van der Waals surface area contributed by atoms with Crippen LogP contribution in [0, 0.1) is 0 Å². The van der Waals surface area contributed by atoms with Crippen LogP contribution < -0.4 is 5.32 Å². The van der Waals surface area contributed by atoms with Gasteiger partial charge in [0.05, 0.1) is 24.4 Å². The Morgan fingerprint density at radius 2 is 1.93 bits per heavy atom. The van der Waals surface area contributed by atoms with E-state index in [0.717, 1.165) is 35.1 Å². The maximum absolute atomic E-state index is 12.4. The second-order valence-electron chi connectivity index (χ2n) is 7.42. The molecule has 2 aromatic heterocycles. The SMILES string of the molecule is CCCn1cc2cc(C(C)NC(=O)Cc3ccc(C(C)C)cc3)ncc2n1. The summed E-state index contributed by atoms with van der Waals surface area (Å²) in [4.78, 5) is 16.9. The summed E-state index contributed by atoms with van der Waals surface area (Å²) in [5, 5.41) is 8.61. The first-order valence-electron chi connectivity index (χ1n) is 9.67. The first-order chi connectivity index (χ1) is 13.0. The summed E-state index contributed by atoms with van der Waals surface area (Å²) in [6.07, 6.45) is 5.23. The fraction of sp³-hybridized carbons (Fsp3) is 0.409. The molecule has 1 N–H and O–H groups in total. The number of aryl methyl sites for hydroxylation is 1. The summed E-state index contributed by atoms with van der Waals surface area (Å²) in [5.74, 6) is 0.499. The highest BCUT2D eigenvalue weighted by atomic mass is 16.1. The number of hydrogen-bond acceptors (Lipinski definition) is 3. The zero-order valence-corrected chi connectivity index (χ0v) is 16.6. The summed E-state index contributed by atoms with van der Waals surface area (Å²) < 4.78 is 1.94. The maximum Gasteiger partial charge on any atom is 0.224 e. The Labute approximate surface area is 160 Å². The number of benzene rings is 1. The molecular weight excluding hydrogens is 336 g/mol. The highest BCUT2D eigenvalue weighted by Crippen LogP contribution is 2.18. The highest BCUT2D eigenvalue weighted by Gasteiger charge is 2.13. The van der Waals surface area contributed by atoms with Crippen molar-refractivity contribution in [3.63, 3.8) is 0 Å². The fourth-order valence-corrected chi connectivity index (χ4v) is 3.15. The van der Waals surface area contributed by atoms with E-state index in [2.05, 4.69) is 48.3 Å². The highest BCUT2D eigenvalue weighted by molar-refractivity contribution is 5.80. The van der Waals surface area contributed by atoms with Crippen LogP contribution in [-0.2, 0) is 17.8 Å². The van der Waals surface area contributed by atoms with Gasteiger partial charge in [-0.15, -0.1) is 0 Å². The zero-order valence-electron chi connectivity index (χ0n) is 16.6. The molecule has 0 fully saturated rings. The van der Waals surface area contributed by atoms with Crippen molar-refractivity contribution in [3.8, 4) is 0 Å². The van der Waals surface area contributed by atoms with E-state index in [1.54, 1.807) is 6.20 Å². The molecule has 0 bridgehead atoms. The lowest BCUT2D eigenvalue weighted by atomic mass is 10.0. The number of hydrogen-bond donors (Lipinski definition) is 1. The van der Waals surface area contributed by atoms with Crippen LogP contribution in [0.2, 0.25) is 0 Å². The van der Waals surface area contributed by atoms with Gasteiger partial charge in [0.1, 0.15) is 5.52 Å². The Hall–Kier alpha value is -2.69. The van der Waals surface area contributed by atoms with E-state index in [4.69, 9.17) is 0 Å². The van der Waals surface area contributed by atoms with Crippen LogP contribution in [0.3, 0.4) is 0 Å². The molecule has 1 amide bonds. The van der Waals surface area contributed by atoms with Gasteiger partial charge in [0, 0.05) is 18.1 Å². The van der Waals surface area contributed by atoms with E-state index in [0.29, 0.717) is 12.3 Å². The maximum atomic E-state index is 12.4. The quantitative estimate of drug-likeness (QED) is 0.676. The molecule has 0 radical (unpaired) electrons. The summed E-state index contributed by atoms with van der Waals surface area (Å²) >= 11 is 0. The van der Waals surface area contributed by atoms with Crippen molar-refractivity contribution in [2.75, 3.05) is 0 Å². The number of aromatic nitrogens is 3. The van der Waals surface area contributed by atoms with E-state index in [1.165, 1.54) is 5.56 Å². The van der Waals surface area contributed by atoms with Gasteiger partial charge in [-0.05, 0) is 36.5 Å². The van der Waals surface area contributed by atoms with E-state index < -0.39 is 0 Å². The monoisotopic (exact) mass is 364 g/mol. The molecule has 27 heavy (non-hydrogen) atoms. The average Bonchev–Trinajstić information content (AvgIpc) is 3.03. The van der Waals surface area contributed by atoms with Crippen LogP contribution in [-0.4, -0.2) is 20.7 Å². The van der Waals surface area contributed by atoms with Gasteiger partial charge in [-0.25, -0.2) is 0 Å². The molecule has 0 aliphatic heterocycles. The average molecular weight is 364 g/mol. The number of amides is 1. The van der Waals surface area contributed by atoms with Gasteiger partial charge in [-0.2, -0.15) is 5.10 Å². The first-order valence-corrected chi connectivity index (χ1v) is 9.67. The number of nitrogens with one attached hydrogen (secondary N) is 1. The standard InChI is InChI=1S/C22H28N4O/c1-5-10-26-14-19-12-20(23-13-21(19)25-26)16(4)24-22(27)11-17-6-8-18(9-7-17)15(2)3/h6-9,12-16H,5,10-11H2,1-4H3,(H,24,27). The second-order valence-corrected chi connectivity index (χ2v) is 7.42. The van der Waals surface area contributed by atoms with Gasteiger partial charge >= 0.3 is 0 Å². The van der Waals surface area contributed by atoms with Crippen molar-refractivity contribution in [1.82, 2.24) is 20.1 Å². The molecule has 0 aliphatic rings. The fourth-order valence-electron chi connectivity index (χ4n) is 3.15. The summed E-state index contributed by atoms with van der Waals surface area (Å²) in [7, 11) is 0. The smallest absolute Gasteiger partial charge is 0.224 e. The van der Waals surface area contributed by atoms with Crippen molar-refractivity contribution in [2.45, 2.75) is 59.0 Å². The van der Waals surface area contributed by atoms with Crippen LogP contribution in [0.25, 0.3) is 10.9 Å². The van der Waals surface area contributed by atoms with Gasteiger partial charge in [0.25, 0.3) is 0 Å². The second kappa shape index (κ2) is 8.33. The van der Waals surface area contributed by atoms with E-state index >= 15 is 0 Å². The van der Waals surface area contributed by atoms with Crippen LogP contribution in [0.4, 0.5) is 0 Å². The van der Waals surface area contributed by atoms with Gasteiger partial charge in [-0.3, -0.25) is 14.5 Å². The predicted octanol–water partition coefficient (Wildman–Crippen LogP) is 4.38. The number of carbonyl (C=O) groups excluding carboxylic acids is 1. The van der Waals surface area contributed by atoms with Gasteiger partial charge in [0.15, 0.2) is 0 Å². The van der Waals surface area contributed by atoms with E-state index in [1.807, 2.05) is 36.0 Å². The lowest BCUT2D eigenvalue weighted by Gasteiger charge is -2.14. The molecule has 5 nitrogen and oxygen atoms in total. The van der Waals surface area contributed by atoms with E-state index in [-0.39, 0.29) is 11.9 Å². The third kappa shape index (κ3) is 4.73. The Bertz CT molecular complexity index is 912. The summed E-state index contributed by atoms with van der Waals surface area (Å²) in [6.45, 7) is 9.32. The van der Waals surface area contributed by atoms with Crippen LogP contribution >= 0.6 is 0 Å². The third-order valence-corrected chi connectivity index (χ3v) is 4.74. The number of pyridine rings is 1. The zero-order chi connectivity index (χ0) is 19.4. The number of rotatable bonds is 7. The molecule has 1 aromatic carbocycles. The predicted molar refractivity (Wildman–Crippen MR) is 109 cm³/mol. The molecule has 3 aromatic rings. The molecule has 5 heteroatoms. The van der Waals surface area contributed by atoms with Crippen LogP contribution in [0.15, 0.2) is 42.7 Å². The Morgan fingerprint density at radius 1 is 1.19 bits per heavy atom. The van der Waals surface area contributed by atoms with Gasteiger partial charge in [0.2, 0.25) is 5.91 Å². The minimum Gasteiger partial charge on any atom is -0.348 e. The molecule has 1 atom stereocenters. The van der Waals surface area contributed by atoms with Crippen LogP contribution in [0.1, 0.15) is 62.9 Å². The summed E-state index contributed by atoms with van der Waals surface area (Å²) in [5.41, 5.74) is 4.04. The van der Waals surface area contributed by atoms with Crippen LogP contribution in [0.5, 0.6) is 0 Å². The number of fused-ring (bicyclic) bond motifs is 1. The molecular formula is C22H28N4O. The minimum atomic E-state index is -0.147. The molecule has 0 saturated heterocycles. The van der Waals surface area contributed by atoms with Gasteiger partial charge < -0.3 is 5.32 Å². The number of nitrogens with zero attached hydrogens (tertiary/aromatic N) is 3. The van der Waals surface area contributed by atoms with Crippen molar-refractivity contribution in [2.24, 2.45) is 0 Å². The van der Waals surface area contributed by atoms with Crippen molar-refractivity contribution >= 4 is 16.8 Å². The number of carbonyl (C=O) groups is 1. The Morgan fingerprint density at radius 3 is 2.59 bits per heavy atom. The lowest BCUT2D eigenvalue weighted by molar-refractivity contribution is -0.121.